The van der Waals surface area contributed by atoms with E-state index in [1.54, 1.807) is 0 Å². The zero-order valence-corrected chi connectivity index (χ0v) is 11.4. The van der Waals surface area contributed by atoms with Crippen LogP contribution < -0.4 is 5.73 Å². The van der Waals surface area contributed by atoms with E-state index in [1.165, 1.54) is 11.1 Å². The molecule has 0 aromatic heterocycles. The number of nitrogens with two attached hydrogens (primary N) is 1. The molecule has 0 saturated heterocycles. The number of allylic oxidation sites excluding steroid dienone is 2. The van der Waals surface area contributed by atoms with Gasteiger partial charge in [-0.25, -0.2) is 0 Å². The molecule has 3 rings (SSSR count). The summed E-state index contributed by atoms with van der Waals surface area (Å²) in [7, 11) is 0. The minimum atomic E-state index is -0.364. The standard InChI is InChI=1S/C19H19N/c20-19(14-8-3-9-15-19)18(16-10-4-1-5-11-16)17-12-6-2-7-13-17/h1-14,18H,15,20H2. The van der Waals surface area contributed by atoms with Crippen LogP contribution in [0.3, 0.4) is 0 Å². The van der Waals surface area contributed by atoms with E-state index in [4.69, 9.17) is 5.73 Å². The maximum absolute atomic E-state index is 6.73. The third kappa shape index (κ3) is 2.45. The van der Waals surface area contributed by atoms with E-state index in [-0.39, 0.29) is 11.5 Å². The molecule has 0 aliphatic heterocycles. The van der Waals surface area contributed by atoms with E-state index in [2.05, 4.69) is 72.8 Å². The van der Waals surface area contributed by atoms with Crippen molar-refractivity contribution >= 4 is 0 Å². The van der Waals surface area contributed by atoms with Crippen LogP contribution in [0.15, 0.2) is 85.0 Å². The average Bonchev–Trinajstić information content (AvgIpc) is 2.50. The van der Waals surface area contributed by atoms with Crippen molar-refractivity contribution in [2.75, 3.05) is 0 Å². The molecule has 20 heavy (non-hydrogen) atoms. The van der Waals surface area contributed by atoms with Gasteiger partial charge in [-0.2, -0.15) is 0 Å². The van der Waals surface area contributed by atoms with Crippen LogP contribution in [0.1, 0.15) is 23.5 Å². The Hall–Kier alpha value is -2.12. The van der Waals surface area contributed by atoms with Crippen LogP contribution in [0.25, 0.3) is 0 Å². The summed E-state index contributed by atoms with van der Waals surface area (Å²) >= 11 is 0. The van der Waals surface area contributed by atoms with Crippen LogP contribution in [0.5, 0.6) is 0 Å². The number of hydrogen-bond acceptors (Lipinski definition) is 1. The first-order chi connectivity index (χ1) is 9.80. The fraction of sp³-hybridized carbons (Fsp3) is 0.158. The van der Waals surface area contributed by atoms with Gasteiger partial charge in [0.2, 0.25) is 0 Å². The Bertz CT molecular complexity index is 573. The number of benzene rings is 2. The molecule has 2 N–H and O–H groups in total. The van der Waals surface area contributed by atoms with Crippen LogP contribution in [0.2, 0.25) is 0 Å². The summed E-state index contributed by atoms with van der Waals surface area (Å²) in [6.07, 6.45) is 9.27. The third-order valence-corrected chi connectivity index (χ3v) is 3.93. The number of hydrogen-bond donors (Lipinski definition) is 1. The number of rotatable bonds is 3. The first-order valence-electron chi connectivity index (χ1n) is 7.03. The van der Waals surface area contributed by atoms with Gasteiger partial charge in [0.05, 0.1) is 0 Å². The first-order valence-corrected chi connectivity index (χ1v) is 7.03. The maximum atomic E-state index is 6.73. The van der Waals surface area contributed by atoms with Gasteiger partial charge < -0.3 is 5.73 Å². The maximum Gasteiger partial charge on any atom is 0.0487 e. The van der Waals surface area contributed by atoms with E-state index in [1.807, 2.05) is 12.1 Å². The zero-order chi connectivity index (χ0) is 13.8. The molecule has 2 aromatic rings. The fourth-order valence-corrected chi connectivity index (χ4v) is 2.97. The quantitative estimate of drug-likeness (QED) is 0.887. The molecule has 1 heteroatoms. The van der Waals surface area contributed by atoms with Crippen molar-refractivity contribution in [3.05, 3.63) is 96.1 Å². The SMILES string of the molecule is NC1(C(c2ccccc2)c2ccccc2)C=CC=CC1. The van der Waals surface area contributed by atoms with Crippen LogP contribution in [0, 0.1) is 0 Å². The highest BCUT2D eigenvalue weighted by Gasteiger charge is 2.34. The summed E-state index contributed by atoms with van der Waals surface area (Å²) in [5.41, 5.74) is 8.90. The summed E-state index contributed by atoms with van der Waals surface area (Å²) in [6, 6.07) is 21.1. The van der Waals surface area contributed by atoms with E-state index in [0.717, 1.165) is 6.42 Å². The predicted molar refractivity (Wildman–Crippen MR) is 84.5 cm³/mol. The van der Waals surface area contributed by atoms with Crippen LogP contribution in [0.4, 0.5) is 0 Å². The molecule has 1 nitrogen and oxygen atoms in total. The van der Waals surface area contributed by atoms with Gasteiger partial charge in [-0.3, -0.25) is 0 Å². The molecule has 1 atom stereocenters. The summed E-state index contributed by atoms with van der Waals surface area (Å²) in [5.74, 6) is 0.172. The van der Waals surface area contributed by atoms with Gasteiger partial charge in [0.1, 0.15) is 0 Å². The second-order valence-corrected chi connectivity index (χ2v) is 5.36. The van der Waals surface area contributed by atoms with Crippen molar-refractivity contribution in [2.24, 2.45) is 5.73 Å². The fourth-order valence-electron chi connectivity index (χ4n) is 2.97. The minimum absolute atomic E-state index is 0.172. The van der Waals surface area contributed by atoms with Gasteiger partial charge >= 0.3 is 0 Å². The van der Waals surface area contributed by atoms with Crippen molar-refractivity contribution in [1.29, 1.82) is 0 Å². The lowest BCUT2D eigenvalue weighted by molar-refractivity contribution is 0.469. The van der Waals surface area contributed by atoms with Crippen molar-refractivity contribution in [2.45, 2.75) is 17.9 Å². The lowest BCUT2D eigenvalue weighted by Gasteiger charge is -2.36. The first kappa shape index (κ1) is 12.9. The Morgan fingerprint density at radius 3 is 1.80 bits per heavy atom. The Morgan fingerprint density at radius 2 is 1.35 bits per heavy atom. The van der Waals surface area contributed by atoms with Crippen molar-refractivity contribution in [3.63, 3.8) is 0 Å². The van der Waals surface area contributed by atoms with E-state index in [9.17, 15) is 0 Å². The third-order valence-electron chi connectivity index (χ3n) is 3.93. The average molecular weight is 261 g/mol. The normalized spacial score (nSPS) is 21.3. The van der Waals surface area contributed by atoms with Gasteiger partial charge in [-0.15, -0.1) is 0 Å². The second-order valence-electron chi connectivity index (χ2n) is 5.36. The molecule has 0 bridgehead atoms. The molecule has 0 radical (unpaired) electrons. The van der Waals surface area contributed by atoms with Crippen LogP contribution in [-0.4, -0.2) is 5.54 Å². The smallest absolute Gasteiger partial charge is 0.0487 e. The molecular formula is C19H19N. The zero-order valence-electron chi connectivity index (χ0n) is 11.4. The lowest BCUT2D eigenvalue weighted by atomic mass is 9.72. The molecule has 1 aliphatic carbocycles. The topological polar surface area (TPSA) is 26.0 Å². The van der Waals surface area contributed by atoms with Crippen LogP contribution in [-0.2, 0) is 0 Å². The molecule has 0 saturated carbocycles. The van der Waals surface area contributed by atoms with Crippen molar-refractivity contribution < 1.29 is 0 Å². The molecule has 2 aromatic carbocycles. The predicted octanol–water partition coefficient (Wildman–Crippen LogP) is 4.03. The van der Waals surface area contributed by atoms with Crippen molar-refractivity contribution in [1.82, 2.24) is 0 Å². The Balaban J connectivity index is 2.09. The molecular weight excluding hydrogens is 242 g/mol. The molecule has 0 spiro atoms. The Kier molecular flexibility index (Phi) is 3.53. The second kappa shape index (κ2) is 5.48. The molecule has 0 amide bonds. The van der Waals surface area contributed by atoms with Gasteiger partial charge in [0, 0.05) is 11.5 Å². The van der Waals surface area contributed by atoms with Crippen LogP contribution >= 0.6 is 0 Å². The lowest BCUT2D eigenvalue weighted by Crippen LogP contribution is -2.44. The van der Waals surface area contributed by atoms with E-state index >= 15 is 0 Å². The highest BCUT2D eigenvalue weighted by atomic mass is 14.8. The summed E-state index contributed by atoms with van der Waals surface area (Å²) < 4.78 is 0. The highest BCUT2D eigenvalue weighted by Crippen LogP contribution is 2.37. The van der Waals surface area contributed by atoms with E-state index in [0.29, 0.717) is 0 Å². The largest absolute Gasteiger partial charge is 0.321 e. The van der Waals surface area contributed by atoms with Crippen molar-refractivity contribution in [3.8, 4) is 0 Å². The Labute approximate surface area is 120 Å². The molecule has 100 valence electrons. The van der Waals surface area contributed by atoms with Gasteiger partial charge in [-0.05, 0) is 17.5 Å². The highest BCUT2D eigenvalue weighted by molar-refractivity contribution is 5.41. The summed E-state index contributed by atoms with van der Waals surface area (Å²) in [5, 5.41) is 0. The van der Waals surface area contributed by atoms with Gasteiger partial charge in [0.25, 0.3) is 0 Å². The minimum Gasteiger partial charge on any atom is -0.321 e. The molecule has 1 unspecified atom stereocenters. The Morgan fingerprint density at radius 1 is 0.800 bits per heavy atom. The summed E-state index contributed by atoms with van der Waals surface area (Å²) in [6.45, 7) is 0. The molecule has 1 aliphatic rings. The summed E-state index contributed by atoms with van der Waals surface area (Å²) in [4.78, 5) is 0. The van der Waals surface area contributed by atoms with Gasteiger partial charge in [0.15, 0.2) is 0 Å². The van der Waals surface area contributed by atoms with E-state index < -0.39 is 0 Å². The molecule has 0 fully saturated rings. The molecule has 0 heterocycles. The van der Waals surface area contributed by atoms with Gasteiger partial charge in [-0.1, -0.05) is 85.0 Å². The monoisotopic (exact) mass is 261 g/mol.